The summed E-state index contributed by atoms with van der Waals surface area (Å²) in [6, 6.07) is 3.78. The lowest BCUT2D eigenvalue weighted by Crippen LogP contribution is -2.02. The first-order chi connectivity index (χ1) is 5.36. The fraction of sp³-hybridized carbons (Fsp3) is 0.222. The van der Waals surface area contributed by atoms with E-state index in [-0.39, 0.29) is 0 Å². The van der Waals surface area contributed by atoms with Gasteiger partial charge in [0.15, 0.2) is 0 Å². The van der Waals surface area contributed by atoms with Crippen LogP contribution in [0.1, 0.15) is 11.3 Å². The van der Waals surface area contributed by atoms with E-state index in [2.05, 4.69) is 10.9 Å². The number of hydrogen-bond donors (Lipinski definition) is 1. The molecule has 0 bridgehead atoms. The zero-order chi connectivity index (χ0) is 8.10. The maximum Gasteiger partial charge on any atom is 0.112 e. The fourth-order valence-corrected chi connectivity index (χ4v) is 0.824. The van der Waals surface area contributed by atoms with Crippen LogP contribution in [0.3, 0.4) is 0 Å². The molecule has 0 aromatic carbocycles. The minimum Gasteiger partial charge on any atom is -0.330 e. The lowest BCUT2D eigenvalue weighted by molar-refractivity contribution is 0.957. The molecule has 0 unspecified atom stereocenters. The maximum absolute atomic E-state index is 5.36. The van der Waals surface area contributed by atoms with E-state index in [4.69, 9.17) is 12.2 Å². The Kier molecular flexibility index (Phi) is 2.65. The number of nitrogens with two attached hydrogens (primary N) is 1. The number of nitrogens with zero attached hydrogens (tertiary/aromatic N) is 1. The van der Waals surface area contributed by atoms with E-state index in [0.29, 0.717) is 12.2 Å². The Morgan fingerprint density at radius 1 is 1.55 bits per heavy atom. The molecule has 2 heteroatoms. The summed E-state index contributed by atoms with van der Waals surface area (Å²) in [6.07, 6.45) is 7.76. The van der Waals surface area contributed by atoms with E-state index in [1.54, 1.807) is 6.20 Å². The zero-order valence-corrected chi connectivity index (χ0v) is 6.25. The van der Waals surface area contributed by atoms with Crippen LogP contribution in [0.4, 0.5) is 0 Å². The molecule has 1 aromatic rings. The number of rotatable bonds is 2. The standard InChI is InChI=1S/C9H10N2/c1-2-9-4-3-8(5-6-10)7-11-9/h1,3-4,7H,5-6,10H2. The molecule has 0 atom stereocenters. The van der Waals surface area contributed by atoms with Crippen LogP contribution in [0.25, 0.3) is 0 Å². The molecular formula is C9H10N2. The van der Waals surface area contributed by atoms with Crippen LogP contribution < -0.4 is 5.73 Å². The van der Waals surface area contributed by atoms with E-state index in [1.807, 2.05) is 12.1 Å². The summed E-state index contributed by atoms with van der Waals surface area (Å²) in [5.41, 5.74) is 7.17. The van der Waals surface area contributed by atoms with Gasteiger partial charge >= 0.3 is 0 Å². The van der Waals surface area contributed by atoms with Crippen molar-refractivity contribution in [3.05, 3.63) is 29.6 Å². The normalized spacial score (nSPS) is 9.09. The molecule has 56 valence electrons. The Bertz CT molecular complexity index is 256. The minimum absolute atomic E-state index is 0.650. The molecule has 0 saturated carbocycles. The van der Waals surface area contributed by atoms with Crippen molar-refractivity contribution in [2.24, 2.45) is 5.73 Å². The summed E-state index contributed by atoms with van der Waals surface area (Å²) in [5.74, 6) is 2.45. The third-order valence-corrected chi connectivity index (χ3v) is 1.41. The predicted octanol–water partition coefficient (Wildman–Crippen LogP) is 0.564. The summed E-state index contributed by atoms with van der Waals surface area (Å²) in [4.78, 5) is 4.02. The third-order valence-electron chi connectivity index (χ3n) is 1.41. The monoisotopic (exact) mass is 146 g/mol. The molecule has 0 aliphatic heterocycles. The van der Waals surface area contributed by atoms with E-state index < -0.39 is 0 Å². The van der Waals surface area contributed by atoms with Gasteiger partial charge in [0.1, 0.15) is 5.69 Å². The number of pyridine rings is 1. The van der Waals surface area contributed by atoms with Gasteiger partial charge in [-0.05, 0) is 24.6 Å². The molecule has 0 saturated heterocycles. The van der Waals surface area contributed by atoms with Crippen LogP contribution >= 0.6 is 0 Å². The SMILES string of the molecule is C#Cc1ccc(CCN)cn1. The van der Waals surface area contributed by atoms with Gasteiger partial charge in [-0.15, -0.1) is 6.42 Å². The third kappa shape index (κ3) is 2.06. The Morgan fingerprint density at radius 2 is 2.36 bits per heavy atom. The molecule has 0 aliphatic rings. The van der Waals surface area contributed by atoms with Crippen LogP contribution in [0.5, 0.6) is 0 Å². The second kappa shape index (κ2) is 3.75. The Hall–Kier alpha value is -1.33. The molecule has 1 aromatic heterocycles. The molecule has 0 aliphatic carbocycles. The highest BCUT2D eigenvalue weighted by Gasteiger charge is 1.90. The molecule has 1 rings (SSSR count). The van der Waals surface area contributed by atoms with Crippen LogP contribution in [-0.2, 0) is 6.42 Å². The van der Waals surface area contributed by atoms with Crippen molar-refractivity contribution >= 4 is 0 Å². The number of hydrogen-bond acceptors (Lipinski definition) is 2. The van der Waals surface area contributed by atoms with Crippen molar-refractivity contribution in [3.63, 3.8) is 0 Å². The van der Waals surface area contributed by atoms with Gasteiger partial charge in [0, 0.05) is 6.20 Å². The first-order valence-corrected chi connectivity index (χ1v) is 3.48. The van der Waals surface area contributed by atoms with Gasteiger partial charge < -0.3 is 5.73 Å². The molecule has 0 spiro atoms. The zero-order valence-electron chi connectivity index (χ0n) is 6.25. The first kappa shape index (κ1) is 7.77. The second-order valence-corrected chi connectivity index (χ2v) is 2.23. The topological polar surface area (TPSA) is 38.9 Å². The van der Waals surface area contributed by atoms with Gasteiger partial charge in [-0.1, -0.05) is 12.0 Å². The summed E-state index contributed by atoms with van der Waals surface area (Å²) in [5, 5.41) is 0. The number of terminal acetylenes is 1. The summed E-state index contributed by atoms with van der Waals surface area (Å²) >= 11 is 0. The van der Waals surface area contributed by atoms with E-state index in [1.165, 1.54) is 0 Å². The maximum atomic E-state index is 5.36. The fourth-order valence-electron chi connectivity index (χ4n) is 0.824. The van der Waals surface area contributed by atoms with Gasteiger partial charge in [-0.3, -0.25) is 0 Å². The van der Waals surface area contributed by atoms with Crippen molar-refractivity contribution in [2.75, 3.05) is 6.54 Å². The van der Waals surface area contributed by atoms with E-state index in [0.717, 1.165) is 12.0 Å². The summed E-state index contributed by atoms with van der Waals surface area (Å²) in [6.45, 7) is 0.650. The van der Waals surface area contributed by atoms with Crippen molar-refractivity contribution in [1.82, 2.24) is 4.98 Å². The summed E-state index contributed by atoms with van der Waals surface area (Å²) in [7, 11) is 0. The molecule has 2 N–H and O–H groups in total. The van der Waals surface area contributed by atoms with Crippen molar-refractivity contribution in [2.45, 2.75) is 6.42 Å². The Labute approximate surface area is 66.4 Å². The van der Waals surface area contributed by atoms with Gasteiger partial charge in [0.2, 0.25) is 0 Å². The molecule has 0 radical (unpaired) electrons. The van der Waals surface area contributed by atoms with E-state index >= 15 is 0 Å². The van der Waals surface area contributed by atoms with E-state index in [9.17, 15) is 0 Å². The molecule has 0 amide bonds. The van der Waals surface area contributed by atoms with Gasteiger partial charge in [-0.2, -0.15) is 0 Å². The molecule has 0 fully saturated rings. The lowest BCUT2D eigenvalue weighted by atomic mass is 10.2. The molecule has 1 heterocycles. The van der Waals surface area contributed by atoms with Crippen molar-refractivity contribution < 1.29 is 0 Å². The summed E-state index contributed by atoms with van der Waals surface area (Å²) < 4.78 is 0. The highest BCUT2D eigenvalue weighted by molar-refractivity contribution is 5.26. The highest BCUT2D eigenvalue weighted by atomic mass is 14.7. The minimum atomic E-state index is 0.650. The van der Waals surface area contributed by atoms with Crippen LogP contribution in [-0.4, -0.2) is 11.5 Å². The average molecular weight is 146 g/mol. The first-order valence-electron chi connectivity index (χ1n) is 3.48. The highest BCUT2D eigenvalue weighted by Crippen LogP contribution is 1.98. The van der Waals surface area contributed by atoms with Gasteiger partial charge in [0.25, 0.3) is 0 Å². The van der Waals surface area contributed by atoms with Crippen molar-refractivity contribution in [1.29, 1.82) is 0 Å². The second-order valence-electron chi connectivity index (χ2n) is 2.23. The lowest BCUT2D eigenvalue weighted by Gasteiger charge is -1.96. The molecular weight excluding hydrogens is 136 g/mol. The van der Waals surface area contributed by atoms with Crippen LogP contribution in [0.15, 0.2) is 18.3 Å². The number of aromatic nitrogens is 1. The average Bonchev–Trinajstić information content (AvgIpc) is 2.07. The smallest absolute Gasteiger partial charge is 0.112 e. The predicted molar refractivity (Wildman–Crippen MR) is 44.9 cm³/mol. The quantitative estimate of drug-likeness (QED) is 0.619. The Morgan fingerprint density at radius 3 is 2.82 bits per heavy atom. The van der Waals surface area contributed by atoms with Gasteiger partial charge in [-0.25, -0.2) is 4.98 Å². The molecule has 11 heavy (non-hydrogen) atoms. The van der Waals surface area contributed by atoms with Crippen LogP contribution in [0, 0.1) is 12.3 Å². The van der Waals surface area contributed by atoms with Crippen molar-refractivity contribution in [3.8, 4) is 12.3 Å². The van der Waals surface area contributed by atoms with Crippen LogP contribution in [0.2, 0.25) is 0 Å². The Balaban J connectivity index is 2.76. The largest absolute Gasteiger partial charge is 0.330 e. The molecule has 2 nitrogen and oxygen atoms in total. The van der Waals surface area contributed by atoms with Gasteiger partial charge in [0.05, 0.1) is 0 Å².